The van der Waals surface area contributed by atoms with Crippen molar-refractivity contribution in [3.63, 3.8) is 0 Å². The van der Waals surface area contributed by atoms with Crippen LogP contribution < -0.4 is 10.1 Å². The normalized spacial score (nSPS) is 11.7. The summed E-state index contributed by atoms with van der Waals surface area (Å²) in [6.07, 6.45) is 0. The monoisotopic (exact) mass is 369 g/mol. The molecule has 2 aromatic rings. The van der Waals surface area contributed by atoms with Crippen molar-refractivity contribution < 1.29 is 19.1 Å². The molecular weight excluding hydrogens is 342 g/mol. The molecular formula is C22H27NO4. The van der Waals surface area contributed by atoms with E-state index in [1.165, 1.54) is 0 Å². The van der Waals surface area contributed by atoms with Gasteiger partial charge in [-0.25, -0.2) is 4.79 Å². The lowest BCUT2D eigenvalue weighted by atomic mass is 10.0. The minimum Gasteiger partial charge on any atom is -0.493 e. The first-order chi connectivity index (χ1) is 13.0. The van der Waals surface area contributed by atoms with Crippen LogP contribution in [-0.4, -0.2) is 31.6 Å². The number of ether oxygens (including phenoxy) is 2. The molecule has 2 aromatic carbocycles. The standard InChI is InChI=1S/C22H27NO4/c1-16(2)14-26-20-11-9-19(10-12-20)22(25)27-15-21(24)23-13-17(3)18-7-5-4-6-8-18/h4-12,16-17H,13-15H2,1-3H3,(H,23,24)/t17-/m0/s1. The van der Waals surface area contributed by atoms with Crippen molar-refractivity contribution in [1.82, 2.24) is 5.32 Å². The van der Waals surface area contributed by atoms with Crippen molar-refractivity contribution in [2.45, 2.75) is 26.7 Å². The van der Waals surface area contributed by atoms with E-state index in [1.54, 1.807) is 24.3 Å². The van der Waals surface area contributed by atoms with Gasteiger partial charge in [0.2, 0.25) is 0 Å². The highest BCUT2D eigenvalue weighted by Crippen LogP contribution is 2.14. The van der Waals surface area contributed by atoms with Crippen LogP contribution in [0.5, 0.6) is 5.75 Å². The Morgan fingerprint density at radius 3 is 2.26 bits per heavy atom. The Morgan fingerprint density at radius 1 is 0.963 bits per heavy atom. The van der Waals surface area contributed by atoms with E-state index in [1.807, 2.05) is 37.3 Å². The molecule has 0 fully saturated rings. The van der Waals surface area contributed by atoms with Gasteiger partial charge in [0.25, 0.3) is 5.91 Å². The molecule has 2 rings (SSSR count). The highest BCUT2D eigenvalue weighted by Gasteiger charge is 2.12. The molecule has 144 valence electrons. The molecule has 5 nitrogen and oxygen atoms in total. The van der Waals surface area contributed by atoms with E-state index in [0.29, 0.717) is 30.4 Å². The van der Waals surface area contributed by atoms with Gasteiger partial charge in [-0.15, -0.1) is 0 Å². The second kappa shape index (κ2) is 10.4. The van der Waals surface area contributed by atoms with E-state index in [0.717, 1.165) is 5.56 Å². The maximum absolute atomic E-state index is 12.0. The Morgan fingerprint density at radius 2 is 1.63 bits per heavy atom. The second-order valence-electron chi connectivity index (χ2n) is 6.92. The zero-order valence-corrected chi connectivity index (χ0v) is 16.1. The Labute approximate surface area is 160 Å². The van der Waals surface area contributed by atoms with Gasteiger partial charge in [0, 0.05) is 6.54 Å². The summed E-state index contributed by atoms with van der Waals surface area (Å²) < 4.78 is 10.6. The smallest absolute Gasteiger partial charge is 0.338 e. The number of carbonyl (C=O) groups is 2. The van der Waals surface area contributed by atoms with Gasteiger partial charge in [-0.05, 0) is 41.7 Å². The van der Waals surface area contributed by atoms with Crippen molar-refractivity contribution in [2.24, 2.45) is 5.92 Å². The number of rotatable bonds is 9. The Balaban J connectivity index is 1.73. The fourth-order valence-electron chi connectivity index (χ4n) is 2.38. The van der Waals surface area contributed by atoms with Gasteiger partial charge in [0.05, 0.1) is 12.2 Å². The van der Waals surface area contributed by atoms with E-state index >= 15 is 0 Å². The summed E-state index contributed by atoms with van der Waals surface area (Å²) >= 11 is 0. The Kier molecular flexibility index (Phi) is 7.86. The first kappa shape index (κ1) is 20.5. The first-order valence-electron chi connectivity index (χ1n) is 9.17. The second-order valence-corrected chi connectivity index (χ2v) is 6.92. The minimum absolute atomic E-state index is 0.184. The minimum atomic E-state index is -0.531. The topological polar surface area (TPSA) is 64.6 Å². The van der Waals surface area contributed by atoms with Crippen molar-refractivity contribution in [2.75, 3.05) is 19.8 Å². The van der Waals surface area contributed by atoms with E-state index in [-0.39, 0.29) is 18.4 Å². The van der Waals surface area contributed by atoms with Gasteiger partial charge in [-0.1, -0.05) is 51.1 Å². The van der Waals surface area contributed by atoms with Crippen LogP contribution in [0.2, 0.25) is 0 Å². The third kappa shape index (κ3) is 7.13. The van der Waals surface area contributed by atoms with Crippen LogP contribution >= 0.6 is 0 Å². The molecule has 1 N–H and O–H groups in total. The van der Waals surface area contributed by atoms with E-state index in [9.17, 15) is 9.59 Å². The van der Waals surface area contributed by atoms with Crippen LogP contribution in [0.4, 0.5) is 0 Å². The zero-order valence-electron chi connectivity index (χ0n) is 16.1. The van der Waals surface area contributed by atoms with Crippen LogP contribution in [0.15, 0.2) is 54.6 Å². The lowest BCUT2D eigenvalue weighted by Crippen LogP contribution is -2.31. The van der Waals surface area contributed by atoms with Crippen molar-refractivity contribution in [1.29, 1.82) is 0 Å². The van der Waals surface area contributed by atoms with Crippen LogP contribution in [0.3, 0.4) is 0 Å². The summed E-state index contributed by atoms with van der Waals surface area (Å²) in [5, 5.41) is 2.79. The number of benzene rings is 2. The SMILES string of the molecule is CC(C)COc1ccc(C(=O)OCC(=O)NC[C@H](C)c2ccccc2)cc1. The number of amides is 1. The molecule has 27 heavy (non-hydrogen) atoms. The van der Waals surface area contributed by atoms with Crippen molar-refractivity contribution in [3.05, 3.63) is 65.7 Å². The molecule has 0 aliphatic carbocycles. The van der Waals surface area contributed by atoms with E-state index < -0.39 is 5.97 Å². The number of hydrogen-bond donors (Lipinski definition) is 1. The number of carbonyl (C=O) groups excluding carboxylic acids is 2. The summed E-state index contributed by atoms with van der Waals surface area (Å²) in [6.45, 7) is 6.97. The van der Waals surface area contributed by atoms with Gasteiger partial charge < -0.3 is 14.8 Å². The summed E-state index contributed by atoms with van der Waals surface area (Å²) in [4.78, 5) is 24.0. The lowest BCUT2D eigenvalue weighted by Gasteiger charge is -2.13. The molecule has 0 spiro atoms. The molecule has 0 radical (unpaired) electrons. The van der Waals surface area contributed by atoms with E-state index in [4.69, 9.17) is 9.47 Å². The summed E-state index contributed by atoms with van der Waals surface area (Å²) in [6, 6.07) is 16.6. The Hall–Kier alpha value is -2.82. The zero-order chi connectivity index (χ0) is 19.6. The molecule has 5 heteroatoms. The maximum atomic E-state index is 12.0. The molecule has 1 amide bonds. The molecule has 0 saturated heterocycles. The average Bonchev–Trinajstić information content (AvgIpc) is 2.69. The number of nitrogens with one attached hydrogen (secondary N) is 1. The highest BCUT2D eigenvalue weighted by molar-refractivity contribution is 5.91. The third-order valence-corrected chi connectivity index (χ3v) is 3.98. The molecule has 0 bridgehead atoms. The fourth-order valence-corrected chi connectivity index (χ4v) is 2.38. The van der Waals surface area contributed by atoms with Crippen molar-refractivity contribution >= 4 is 11.9 Å². The van der Waals surface area contributed by atoms with Gasteiger partial charge in [-0.3, -0.25) is 4.79 Å². The Bertz CT molecular complexity index is 726. The third-order valence-electron chi connectivity index (χ3n) is 3.98. The molecule has 0 unspecified atom stereocenters. The summed E-state index contributed by atoms with van der Waals surface area (Å²) in [5.74, 6) is 0.467. The van der Waals surface area contributed by atoms with Gasteiger partial charge >= 0.3 is 5.97 Å². The first-order valence-corrected chi connectivity index (χ1v) is 9.17. The molecule has 0 saturated carbocycles. The predicted octanol–water partition coefficient (Wildman–Crippen LogP) is 3.80. The van der Waals surface area contributed by atoms with Gasteiger partial charge in [0.1, 0.15) is 5.75 Å². The molecule has 0 aromatic heterocycles. The van der Waals surface area contributed by atoms with Crippen LogP contribution in [0.25, 0.3) is 0 Å². The van der Waals surface area contributed by atoms with Crippen LogP contribution in [0, 0.1) is 5.92 Å². The summed E-state index contributed by atoms with van der Waals surface area (Å²) in [7, 11) is 0. The fraction of sp³-hybridized carbons (Fsp3) is 0.364. The molecule has 0 aliphatic heterocycles. The van der Waals surface area contributed by atoms with Crippen LogP contribution in [0.1, 0.15) is 42.6 Å². The number of esters is 1. The van der Waals surface area contributed by atoms with Crippen molar-refractivity contribution in [3.8, 4) is 5.75 Å². The number of hydrogen-bond acceptors (Lipinski definition) is 4. The molecule has 0 aliphatic rings. The highest BCUT2D eigenvalue weighted by atomic mass is 16.5. The molecule has 0 heterocycles. The predicted molar refractivity (Wildman–Crippen MR) is 105 cm³/mol. The maximum Gasteiger partial charge on any atom is 0.338 e. The largest absolute Gasteiger partial charge is 0.493 e. The van der Waals surface area contributed by atoms with Crippen LogP contribution in [-0.2, 0) is 9.53 Å². The van der Waals surface area contributed by atoms with E-state index in [2.05, 4.69) is 19.2 Å². The average molecular weight is 369 g/mol. The lowest BCUT2D eigenvalue weighted by molar-refractivity contribution is -0.124. The molecule has 1 atom stereocenters. The van der Waals surface area contributed by atoms with Gasteiger partial charge in [0.15, 0.2) is 6.61 Å². The summed E-state index contributed by atoms with van der Waals surface area (Å²) in [5.41, 5.74) is 1.53. The quantitative estimate of drug-likeness (QED) is 0.683. The van der Waals surface area contributed by atoms with Gasteiger partial charge in [-0.2, -0.15) is 0 Å².